The first-order valence-electron chi connectivity index (χ1n) is 7.67. The SMILES string of the molecule is CC1CN(C(=O)c2ccc(C3(C)NC(=O)NC3=O)cc2)CCN1. The number of carbonyl (C=O) groups is 3. The third kappa shape index (κ3) is 2.79. The Labute approximate surface area is 134 Å². The van der Waals surface area contributed by atoms with Crippen molar-refractivity contribution in [1.29, 1.82) is 0 Å². The van der Waals surface area contributed by atoms with E-state index < -0.39 is 17.5 Å². The van der Waals surface area contributed by atoms with Gasteiger partial charge in [0.1, 0.15) is 5.54 Å². The van der Waals surface area contributed by atoms with Gasteiger partial charge in [0, 0.05) is 31.2 Å². The summed E-state index contributed by atoms with van der Waals surface area (Å²) in [7, 11) is 0. The van der Waals surface area contributed by atoms with Crippen molar-refractivity contribution in [3.63, 3.8) is 0 Å². The molecule has 7 nitrogen and oxygen atoms in total. The van der Waals surface area contributed by atoms with Crippen LogP contribution >= 0.6 is 0 Å². The lowest BCUT2D eigenvalue weighted by Gasteiger charge is -2.32. The molecule has 2 saturated heterocycles. The number of hydrogen-bond acceptors (Lipinski definition) is 4. The molecule has 0 bridgehead atoms. The van der Waals surface area contributed by atoms with E-state index in [0.29, 0.717) is 24.2 Å². The van der Waals surface area contributed by atoms with Gasteiger partial charge in [-0.2, -0.15) is 0 Å². The van der Waals surface area contributed by atoms with Crippen molar-refractivity contribution in [3.05, 3.63) is 35.4 Å². The molecule has 23 heavy (non-hydrogen) atoms. The summed E-state index contributed by atoms with van der Waals surface area (Å²) in [5.74, 6) is -0.410. The molecule has 4 amide bonds. The molecule has 0 radical (unpaired) electrons. The molecule has 2 unspecified atom stereocenters. The normalized spacial score (nSPS) is 27.6. The fourth-order valence-corrected chi connectivity index (χ4v) is 2.99. The first-order valence-corrected chi connectivity index (χ1v) is 7.67. The molecule has 3 N–H and O–H groups in total. The number of amides is 4. The molecule has 3 rings (SSSR count). The number of carbonyl (C=O) groups excluding carboxylic acids is 3. The topological polar surface area (TPSA) is 90.5 Å². The molecule has 0 aromatic heterocycles. The average molecular weight is 316 g/mol. The predicted octanol–water partition coefficient (Wildman–Crippen LogP) is 0.175. The third-order valence-electron chi connectivity index (χ3n) is 4.41. The number of benzene rings is 1. The second kappa shape index (κ2) is 5.66. The van der Waals surface area contributed by atoms with Crippen LogP contribution in [0.4, 0.5) is 4.79 Å². The predicted molar refractivity (Wildman–Crippen MR) is 83.8 cm³/mol. The molecule has 1 aromatic rings. The van der Waals surface area contributed by atoms with Gasteiger partial charge in [0.05, 0.1) is 0 Å². The molecule has 2 aliphatic heterocycles. The Bertz CT molecular complexity index is 658. The van der Waals surface area contributed by atoms with E-state index in [-0.39, 0.29) is 11.9 Å². The number of hydrogen-bond donors (Lipinski definition) is 3. The van der Waals surface area contributed by atoms with Crippen LogP contribution in [0.15, 0.2) is 24.3 Å². The maximum Gasteiger partial charge on any atom is 0.322 e. The van der Waals surface area contributed by atoms with Gasteiger partial charge in [-0.15, -0.1) is 0 Å². The van der Waals surface area contributed by atoms with Crippen molar-refractivity contribution in [2.45, 2.75) is 25.4 Å². The number of imide groups is 1. The van der Waals surface area contributed by atoms with Gasteiger partial charge in [-0.25, -0.2) is 4.79 Å². The minimum Gasteiger partial charge on any atom is -0.336 e. The molecule has 0 saturated carbocycles. The van der Waals surface area contributed by atoms with Crippen LogP contribution < -0.4 is 16.0 Å². The number of urea groups is 1. The van der Waals surface area contributed by atoms with Crippen LogP contribution in [-0.4, -0.2) is 48.4 Å². The highest BCUT2D eigenvalue weighted by atomic mass is 16.2. The first-order chi connectivity index (χ1) is 10.9. The van der Waals surface area contributed by atoms with Gasteiger partial charge in [-0.05, 0) is 31.5 Å². The third-order valence-corrected chi connectivity index (χ3v) is 4.41. The fraction of sp³-hybridized carbons (Fsp3) is 0.438. The standard InChI is InChI=1S/C16H20N4O3/c1-10-9-20(8-7-17-10)13(21)11-3-5-12(6-4-11)16(2)14(22)18-15(23)19-16/h3-6,10,17H,7-9H2,1-2H3,(H2,18,19,22,23). The summed E-state index contributed by atoms with van der Waals surface area (Å²) in [5, 5.41) is 8.14. The lowest BCUT2D eigenvalue weighted by Crippen LogP contribution is -2.51. The van der Waals surface area contributed by atoms with Gasteiger partial charge in [0.25, 0.3) is 11.8 Å². The zero-order valence-corrected chi connectivity index (χ0v) is 13.2. The maximum absolute atomic E-state index is 12.5. The first kappa shape index (κ1) is 15.5. The van der Waals surface area contributed by atoms with E-state index in [2.05, 4.69) is 16.0 Å². The molecule has 1 aromatic carbocycles. The molecule has 2 atom stereocenters. The molecule has 0 aliphatic carbocycles. The minimum absolute atomic E-state index is 0.0186. The van der Waals surface area contributed by atoms with Crippen LogP contribution in [0.25, 0.3) is 0 Å². The zero-order valence-electron chi connectivity index (χ0n) is 13.2. The molecule has 122 valence electrons. The maximum atomic E-state index is 12.5. The Hall–Kier alpha value is -2.41. The van der Waals surface area contributed by atoms with Gasteiger partial charge < -0.3 is 15.5 Å². The van der Waals surface area contributed by atoms with Crippen LogP contribution in [0.5, 0.6) is 0 Å². The van der Waals surface area contributed by atoms with Gasteiger partial charge in [0.2, 0.25) is 0 Å². The average Bonchev–Trinajstić information content (AvgIpc) is 2.80. The number of nitrogens with zero attached hydrogens (tertiary/aromatic N) is 1. The number of piperazine rings is 1. The van der Waals surface area contributed by atoms with E-state index in [1.165, 1.54) is 0 Å². The smallest absolute Gasteiger partial charge is 0.322 e. The molecule has 0 spiro atoms. The highest BCUT2D eigenvalue weighted by Crippen LogP contribution is 2.24. The Balaban J connectivity index is 1.78. The van der Waals surface area contributed by atoms with Crippen LogP contribution in [0, 0.1) is 0 Å². The molecule has 2 aliphatic rings. The number of nitrogens with one attached hydrogen (secondary N) is 3. The monoisotopic (exact) mass is 316 g/mol. The molecule has 7 heteroatoms. The second-order valence-electron chi connectivity index (χ2n) is 6.22. The van der Waals surface area contributed by atoms with Crippen molar-refractivity contribution in [2.24, 2.45) is 0 Å². The van der Waals surface area contributed by atoms with Crippen molar-refractivity contribution >= 4 is 17.8 Å². The van der Waals surface area contributed by atoms with Crippen molar-refractivity contribution in [2.75, 3.05) is 19.6 Å². The van der Waals surface area contributed by atoms with Crippen LogP contribution in [0.3, 0.4) is 0 Å². The molecule has 2 heterocycles. The second-order valence-corrected chi connectivity index (χ2v) is 6.22. The molecule has 2 fully saturated rings. The summed E-state index contributed by atoms with van der Waals surface area (Å²) in [6.07, 6.45) is 0. The summed E-state index contributed by atoms with van der Waals surface area (Å²) in [6.45, 7) is 5.83. The zero-order chi connectivity index (χ0) is 16.6. The van der Waals surface area contributed by atoms with Crippen molar-refractivity contribution in [3.8, 4) is 0 Å². The lowest BCUT2D eigenvalue weighted by atomic mass is 9.91. The summed E-state index contributed by atoms with van der Waals surface area (Å²) in [4.78, 5) is 37.6. The van der Waals surface area contributed by atoms with E-state index in [1.54, 1.807) is 31.2 Å². The Morgan fingerprint density at radius 3 is 2.52 bits per heavy atom. The summed E-state index contributed by atoms with van der Waals surface area (Å²) < 4.78 is 0. The summed E-state index contributed by atoms with van der Waals surface area (Å²) >= 11 is 0. The summed E-state index contributed by atoms with van der Waals surface area (Å²) in [5.41, 5.74) is 0.129. The van der Waals surface area contributed by atoms with Gasteiger partial charge in [-0.1, -0.05) is 12.1 Å². The van der Waals surface area contributed by atoms with Gasteiger partial charge >= 0.3 is 6.03 Å². The van der Waals surface area contributed by atoms with E-state index >= 15 is 0 Å². The quantitative estimate of drug-likeness (QED) is 0.679. The van der Waals surface area contributed by atoms with Gasteiger partial charge in [0.15, 0.2) is 0 Å². The van der Waals surface area contributed by atoms with Crippen LogP contribution in [0.2, 0.25) is 0 Å². The Morgan fingerprint density at radius 1 is 1.26 bits per heavy atom. The van der Waals surface area contributed by atoms with E-state index in [4.69, 9.17) is 0 Å². The van der Waals surface area contributed by atoms with Crippen LogP contribution in [-0.2, 0) is 10.3 Å². The number of rotatable bonds is 2. The van der Waals surface area contributed by atoms with E-state index in [1.807, 2.05) is 11.8 Å². The molecular formula is C16H20N4O3. The largest absolute Gasteiger partial charge is 0.336 e. The fourth-order valence-electron chi connectivity index (χ4n) is 2.99. The minimum atomic E-state index is -1.10. The van der Waals surface area contributed by atoms with E-state index in [0.717, 1.165) is 6.54 Å². The lowest BCUT2D eigenvalue weighted by molar-refractivity contribution is -0.123. The van der Waals surface area contributed by atoms with Crippen molar-refractivity contribution in [1.82, 2.24) is 20.9 Å². The molecular weight excluding hydrogens is 296 g/mol. The van der Waals surface area contributed by atoms with Gasteiger partial charge in [-0.3, -0.25) is 14.9 Å². The Kier molecular flexibility index (Phi) is 3.81. The highest BCUT2D eigenvalue weighted by molar-refractivity contribution is 6.07. The summed E-state index contributed by atoms with van der Waals surface area (Å²) in [6, 6.07) is 6.60. The Morgan fingerprint density at radius 2 is 1.96 bits per heavy atom. The van der Waals surface area contributed by atoms with Crippen LogP contribution in [0.1, 0.15) is 29.8 Å². The van der Waals surface area contributed by atoms with Crippen molar-refractivity contribution < 1.29 is 14.4 Å². The van der Waals surface area contributed by atoms with E-state index in [9.17, 15) is 14.4 Å². The highest BCUT2D eigenvalue weighted by Gasteiger charge is 2.43.